The molecule has 0 aromatic heterocycles. The second kappa shape index (κ2) is 14.8. The Morgan fingerprint density at radius 1 is 1.11 bits per heavy atom. The maximum absolute atomic E-state index is 10.5. The van der Waals surface area contributed by atoms with Crippen molar-refractivity contribution in [2.45, 2.75) is 78.2 Å². The minimum absolute atomic E-state index is 0. The lowest BCUT2D eigenvalue weighted by atomic mass is 10.0. The fourth-order valence-corrected chi connectivity index (χ4v) is 3.54. The summed E-state index contributed by atoms with van der Waals surface area (Å²) in [5.74, 6) is 0.246. The fraction of sp³-hybridized carbons (Fsp3) is 0.682. The van der Waals surface area contributed by atoms with Crippen LogP contribution in [0.1, 0.15) is 82.4 Å². The van der Waals surface area contributed by atoms with Crippen molar-refractivity contribution in [2.24, 2.45) is 0 Å². The van der Waals surface area contributed by atoms with E-state index in [9.17, 15) is 4.79 Å². The molecule has 0 saturated carbocycles. The summed E-state index contributed by atoms with van der Waals surface area (Å²) in [6.07, 6.45) is 8.28. The van der Waals surface area contributed by atoms with Gasteiger partial charge in [-0.25, -0.2) is 0 Å². The molecule has 4 nitrogen and oxygen atoms in total. The van der Waals surface area contributed by atoms with Crippen molar-refractivity contribution in [2.75, 3.05) is 20.2 Å². The number of carboxylic acid groups (broad SMARTS) is 1. The number of nitrogens with zero attached hydrogens (tertiary/aromatic N) is 1. The van der Waals surface area contributed by atoms with E-state index in [-0.39, 0.29) is 12.4 Å². The van der Waals surface area contributed by atoms with E-state index in [4.69, 9.17) is 9.84 Å². The summed E-state index contributed by atoms with van der Waals surface area (Å²) in [5, 5.41) is 8.62. The summed E-state index contributed by atoms with van der Waals surface area (Å²) in [7, 11) is 1.71. The van der Waals surface area contributed by atoms with Crippen molar-refractivity contribution < 1.29 is 14.6 Å². The Labute approximate surface area is 171 Å². The predicted molar refractivity (Wildman–Crippen MR) is 115 cm³/mol. The van der Waals surface area contributed by atoms with Gasteiger partial charge in [-0.05, 0) is 63.0 Å². The van der Waals surface area contributed by atoms with Crippen LogP contribution in [0.5, 0.6) is 5.75 Å². The van der Waals surface area contributed by atoms with Crippen molar-refractivity contribution in [1.29, 1.82) is 0 Å². The molecule has 1 unspecified atom stereocenters. The molecule has 0 saturated heterocycles. The number of benzene rings is 1. The van der Waals surface area contributed by atoms with Crippen LogP contribution in [0.2, 0.25) is 0 Å². The molecule has 0 aliphatic carbocycles. The Hall–Kier alpha value is -1.26. The molecule has 1 aromatic rings. The molecule has 0 aliphatic heterocycles. The lowest BCUT2D eigenvalue weighted by Crippen LogP contribution is -2.28. The Bertz CT molecular complexity index is 536. The van der Waals surface area contributed by atoms with Gasteiger partial charge in [-0.15, -0.1) is 12.4 Å². The molecular formula is C22H38ClNO3. The minimum atomic E-state index is -0.675. The fourth-order valence-electron chi connectivity index (χ4n) is 3.54. The molecule has 1 atom stereocenters. The molecule has 1 rings (SSSR count). The van der Waals surface area contributed by atoms with Gasteiger partial charge < -0.3 is 9.84 Å². The van der Waals surface area contributed by atoms with Crippen molar-refractivity contribution in [3.8, 4) is 5.75 Å². The molecule has 27 heavy (non-hydrogen) atoms. The first-order chi connectivity index (χ1) is 12.5. The van der Waals surface area contributed by atoms with Gasteiger partial charge in [-0.3, -0.25) is 9.69 Å². The van der Waals surface area contributed by atoms with Gasteiger partial charge in [0.15, 0.2) is 0 Å². The molecule has 1 aromatic carbocycles. The van der Waals surface area contributed by atoms with E-state index in [0.717, 1.165) is 38.1 Å². The molecule has 0 fully saturated rings. The summed E-state index contributed by atoms with van der Waals surface area (Å²) in [4.78, 5) is 13.0. The summed E-state index contributed by atoms with van der Waals surface area (Å²) in [5.41, 5.74) is 2.67. The lowest BCUT2D eigenvalue weighted by molar-refractivity contribution is -0.137. The first-order valence-electron chi connectivity index (χ1n) is 10.1. The topological polar surface area (TPSA) is 49.8 Å². The molecule has 0 aliphatic rings. The maximum Gasteiger partial charge on any atom is 0.303 e. The average Bonchev–Trinajstić information content (AvgIpc) is 2.62. The number of ether oxygens (including phenoxy) is 1. The van der Waals surface area contributed by atoms with E-state index < -0.39 is 5.97 Å². The molecule has 0 radical (unpaired) electrons. The zero-order valence-electron chi connectivity index (χ0n) is 17.5. The monoisotopic (exact) mass is 399 g/mol. The summed E-state index contributed by atoms with van der Waals surface area (Å²) < 4.78 is 5.31. The van der Waals surface area contributed by atoms with Gasteiger partial charge in [0.05, 0.1) is 7.11 Å². The third-order valence-corrected chi connectivity index (χ3v) is 5.22. The normalized spacial score (nSPS) is 11.9. The van der Waals surface area contributed by atoms with Gasteiger partial charge in [0.25, 0.3) is 0 Å². The smallest absolute Gasteiger partial charge is 0.303 e. The van der Waals surface area contributed by atoms with Crippen LogP contribution >= 0.6 is 12.4 Å². The third-order valence-electron chi connectivity index (χ3n) is 5.22. The largest absolute Gasteiger partial charge is 0.497 e. The number of hydrogen-bond donors (Lipinski definition) is 1. The second-order valence-electron chi connectivity index (χ2n) is 7.15. The lowest BCUT2D eigenvalue weighted by Gasteiger charge is -2.29. The van der Waals surface area contributed by atoms with Crippen LogP contribution in [-0.2, 0) is 4.79 Å². The van der Waals surface area contributed by atoms with Crippen LogP contribution < -0.4 is 4.74 Å². The van der Waals surface area contributed by atoms with Crippen LogP contribution in [0.15, 0.2) is 18.2 Å². The van der Waals surface area contributed by atoms with Crippen molar-refractivity contribution in [3.05, 3.63) is 29.3 Å². The standard InChI is InChI=1S/C22H37NO3.ClH/c1-5-23(16-12-10-8-6-7-9-11-13-22(24)25)19(3)21-15-14-20(26-4)17-18(21)2;/h14-15,17,19H,5-13,16H2,1-4H3,(H,24,25);1H. The number of unbranched alkanes of at least 4 members (excludes halogenated alkanes) is 6. The number of carbonyl (C=O) groups is 1. The van der Waals surface area contributed by atoms with Gasteiger partial charge in [0.2, 0.25) is 0 Å². The molecule has 1 N–H and O–H groups in total. The number of aliphatic carboxylic acids is 1. The summed E-state index contributed by atoms with van der Waals surface area (Å²) in [6, 6.07) is 6.78. The first-order valence-corrected chi connectivity index (χ1v) is 10.1. The van der Waals surface area contributed by atoms with Crippen LogP contribution in [0.3, 0.4) is 0 Å². The van der Waals surface area contributed by atoms with Crippen LogP contribution in [0, 0.1) is 6.92 Å². The van der Waals surface area contributed by atoms with Crippen molar-refractivity contribution in [1.82, 2.24) is 4.90 Å². The SMILES string of the molecule is CCN(CCCCCCCCCC(=O)O)C(C)c1ccc(OC)cc1C.Cl. The van der Waals surface area contributed by atoms with E-state index in [0.29, 0.717) is 12.5 Å². The summed E-state index contributed by atoms with van der Waals surface area (Å²) in [6.45, 7) is 8.87. The number of rotatable bonds is 14. The minimum Gasteiger partial charge on any atom is -0.497 e. The van der Waals surface area contributed by atoms with Gasteiger partial charge in [0, 0.05) is 12.5 Å². The highest BCUT2D eigenvalue weighted by Crippen LogP contribution is 2.26. The van der Waals surface area contributed by atoms with Crippen LogP contribution in [0.4, 0.5) is 0 Å². The third kappa shape index (κ3) is 10.0. The Kier molecular flexibility index (Phi) is 14.1. The average molecular weight is 400 g/mol. The molecule has 0 amide bonds. The Morgan fingerprint density at radius 2 is 1.70 bits per heavy atom. The van der Waals surface area contributed by atoms with E-state index in [1.54, 1.807) is 7.11 Å². The molecule has 5 heteroatoms. The Balaban J connectivity index is 0.00000676. The number of halogens is 1. The summed E-state index contributed by atoms with van der Waals surface area (Å²) >= 11 is 0. The molecule has 0 bridgehead atoms. The molecule has 156 valence electrons. The number of aryl methyl sites for hydroxylation is 1. The zero-order chi connectivity index (χ0) is 19.4. The van der Waals surface area contributed by atoms with Gasteiger partial charge in [0.1, 0.15) is 5.75 Å². The van der Waals surface area contributed by atoms with Crippen molar-refractivity contribution >= 4 is 18.4 Å². The van der Waals surface area contributed by atoms with E-state index in [1.165, 1.54) is 36.8 Å². The van der Waals surface area contributed by atoms with Crippen LogP contribution in [-0.4, -0.2) is 36.2 Å². The molecule has 0 spiro atoms. The quantitative estimate of drug-likeness (QED) is 0.389. The predicted octanol–water partition coefficient (Wildman–Crippen LogP) is 6.01. The molecular weight excluding hydrogens is 362 g/mol. The van der Waals surface area contributed by atoms with Gasteiger partial charge in [-0.1, -0.05) is 45.1 Å². The van der Waals surface area contributed by atoms with Crippen molar-refractivity contribution in [3.63, 3.8) is 0 Å². The van der Waals surface area contributed by atoms with E-state index in [2.05, 4.69) is 43.9 Å². The Morgan fingerprint density at radius 3 is 2.22 bits per heavy atom. The van der Waals surface area contributed by atoms with E-state index in [1.807, 2.05) is 0 Å². The van der Waals surface area contributed by atoms with Gasteiger partial charge in [-0.2, -0.15) is 0 Å². The van der Waals surface area contributed by atoms with E-state index >= 15 is 0 Å². The number of hydrogen-bond acceptors (Lipinski definition) is 3. The van der Waals surface area contributed by atoms with Crippen LogP contribution in [0.25, 0.3) is 0 Å². The first kappa shape index (κ1) is 25.7. The highest BCUT2D eigenvalue weighted by Gasteiger charge is 2.16. The maximum atomic E-state index is 10.5. The highest BCUT2D eigenvalue weighted by molar-refractivity contribution is 5.85. The number of methoxy groups -OCH3 is 1. The number of carboxylic acids is 1. The van der Waals surface area contributed by atoms with Gasteiger partial charge >= 0.3 is 5.97 Å². The molecule has 0 heterocycles. The highest BCUT2D eigenvalue weighted by atomic mass is 35.5. The zero-order valence-corrected chi connectivity index (χ0v) is 18.3. The second-order valence-corrected chi connectivity index (χ2v) is 7.15.